The largest absolute Gasteiger partial charge is 0.496 e. The van der Waals surface area contributed by atoms with Crippen LogP contribution >= 0.6 is 0 Å². The molecule has 0 spiro atoms. The van der Waals surface area contributed by atoms with Gasteiger partial charge in [-0.15, -0.1) is 0 Å². The molecule has 0 amide bonds. The Bertz CT molecular complexity index is 400. The number of ether oxygens (including phenoxy) is 1. The second kappa shape index (κ2) is 7.70. The van der Waals surface area contributed by atoms with Gasteiger partial charge in [0, 0.05) is 25.1 Å². The minimum absolute atomic E-state index is 0.0968. The number of hydrogen-bond donors (Lipinski definition) is 1. The molecule has 1 aromatic carbocycles. The van der Waals surface area contributed by atoms with Crippen LogP contribution in [0.4, 0.5) is 0 Å². The number of benzene rings is 1. The summed E-state index contributed by atoms with van der Waals surface area (Å²) in [7, 11) is 1.66. The van der Waals surface area contributed by atoms with Crippen molar-refractivity contribution in [3.8, 4) is 11.8 Å². The first-order valence-corrected chi connectivity index (χ1v) is 6.22. The number of methoxy groups -OCH3 is 1. The molecule has 0 saturated heterocycles. The zero-order chi connectivity index (χ0) is 13.4. The molecule has 98 valence electrons. The molecule has 1 aromatic rings. The third-order valence-corrected chi connectivity index (χ3v) is 3.08. The van der Waals surface area contributed by atoms with Gasteiger partial charge in [0.25, 0.3) is 0 Å². The van der Waals surface area contributed by atoms with Gasteiger partial charge < -0.3 is 10.5 Å². The second-order valence-electron chi connectivity index (χ2n) is 4.03. The summed E-state index contributed by atoms with van der Waals surface area (Å²) in [6.07, 6.45) is 0.513. The van der Waals surface area contributed by atoms with Crippen LogP contribution in [0.1, 0.15) is 24.9 Å². The van der Waals surface area contributed by atoms with Crippen molar-refractivity contribution in [3.05, 3.63) is 29.8 Å². The van der Waals surface area contributed by atoms with Crippen LogP contribution < -0.4 is 10.5 Å². The van der Waals surface area contributed by atoms with Crippen molar-refractivity contribution in [2.24, 2.45) is 5.73 Å². The van der Waals surface area contributed by atoms with E-state index < -0.39 is 0 Å². The average Bonchev–Trinajstić information content (AvgIpc) is 2.43. The maximum atomic E-state index is 8.70. The summed E-state index contributed by atoms with van der Waals surface area (Å²) in [6, 6.07) is 10.2. The van der Waals surface area contributed by atoms with Crippen LogP contribution in [0, 0.1) is 11.3 Å². The lowest BCUT2D eigenvalue weighted by atomic mass is 10.0. The quantitative estimate of drug-likeness (QED) is 0.799. The highest BCUT2D eigenvalue weighted by Gasteiger charge is 2.20. The van der Waals surface area contributed by atoms with Crippen LogP contribution in [-0.2, 0) is 0 Å². The minimum Gasteiger partial charge on any atom is -0.496 e. The zero-order valence-corrected chi connectivity index (χ0v) is 11.1. The number of nitrogens with zero attached hydrogens (tertiary/aromatic N) is 2. The molecule has 0 aromatic heterocycles. The normalized spacial score (nSPS) is 12.2. The first-order chi connectivity index (χ1) is 8.78. The number of rotatable bonds is 7. The van der Waals surface area contributed by atoms with E-state index in [1.165, 1.54) is 0 Å². The number of likely N-dealkylation sites (N-methyl/N-ethyl adjacent to an activating group) is 1. The molecular formula is C14H21N3O. The van der Waals surface area contributed by atoms with Crippen molar-refractivity contribution in [1.29, 1.82) is 5.26 Å². The molecule has 1 rings (SSSR count). The van der Waals surface area contributed by atoms with Gasteiger partial charge in [0.15, 0.2) is 0 Å². The van der Waals surface area contributed by atoms with Gasteiger partial charge in [0.05, 0.1) is 19.2 Å². The number of nitriles is 1. The lowest BCUT2D eigenvalue weighted by Gasteiger charge is -2.30. The SMILES string of the molecule is CCN(CCC#N)C(CN)c1ccccc1OC. The predicted molar refractivity (Wildman–Crippen MR) is 72.3 cm³/mol. The smallest absolute Gasteiger partial charge is 0.123 e. The first-order valence-electron chi connectivity index (χ1n) is 6.22. The van der Waals surface area contributed by atoms with Crippen LogP contribution in [-0.4, -0.2) is 31.6 Å². The van der Waals surface area contributed by atoms with E-state index in [0.29, 0.717) is 13.0 Å². The molecule has 0 radical (unpaired) electrons. The van der Waals surface area contributed by atoms with Crippen LogP contribution in [0.3, 0.4) is 0 Å². The molecule has 0 fully saturated rings. The summed E-state index contributed by atoms with van der Waals surface area (Å²) in [5.74, 6) is 0.850. The van der Waals surface area contributed by atoms with E-state index in [1.807, 2.05) is 24.3 Å². The fraction of sp³-hybridized carbons (Fsp3) is 0.500. The Morgan fingerprint density at radius 2 is 2.17 bits per heavy atom. The Labute approximate surface area is 109 Å². The van der Waals surface area contributed by atoms with E-state index in [2.05, 4.69) is 17.9 Å². The summed E-state index contributed by atoms with van der Waals surface area (Å²) < 4.78 is 5.38. The summed E-state index contributed by atoms with van der Waals surface area (Å²) >= 11 is 0. The van der Waals surface area contributed by atoms with E-state index in [-0.39, 0.29) is 6.04 Å². The highest BCUT2D eigenvalue weighted by molar-refractivity contribution is 5.36. The maximum absolute atomic E-state index is 8.70. The van der Waals surface area contributed by atoms with Crippen LogP contribution in [0.25, 0.3) is 0 Å². The van der Waals surface area contributed by atoms with Crippen LogP contribution in [0.2, 0.25) is 0 Å². The lowest BCUT2D eigenvalue weighted by Crippen LogP contribution is -2.34. The van der Waals surface area contributed by atoms with E-state index in [9.17, 15) is 0 Å². The Morgan fingerprint density at radius 3 is 2.72 bits per heavy atom. The van der Waals surface area contributed by atoms with Crippen molar-refractivity contribution in [2.75, 3.05) is 26.7 Å². The van der Waals surface area contributed by atoms with Gasteiger partial charge in [-0.2, -0.15) is 5.26 Å². The van der Waals surface area contributed by atoms with Gasteiger partial charge in [0.2, 0.25) is 0 Å². The van der Waals surface area contributed by atoms with Gasteiger partial charge in [-0.25, -0.2) is 0 Å². The molecule has 1 atom stereocenters. The van der Waals surface area contributed by atoms with Gasteiger partial charge in [-0.3, -0.25) is 4.90 Å². The van der Waals surface area contributed by atoms with E-state index >= 15 is 0 Å². The van der Waals surface area contributed by atoms with Crippen molar-refractivity contribution >= 4 is 0 Å². The van der Waals surface area contributed by atoms with E-state index in [0.717, 1.165) is 24.4 Å². The van der Waals surface area contributed by atoms with Crippen molar-refractivity contribution < 1.29 is 4.74 Å². The third kappa shape index (κ3) is 3.46. The highest BCUT2D eigenvalue weighted by atomic mass is 16.5. The molecule has 1 unspecified atom stereocenters. The molecule has 18 heavy (non-hydrogen) atoms. The molecule has 4 heteroatoms. The van der Waals surface area contributed by atoms with Gasteiger partial charge in [0.1, 0.15) is 5.75 Å². The van der Waals surface area contributed by atoms with Crippen LogP contribution in [0.15, 0.2) is 24.3 Å². The summed E-state index contributed by atoms with van der Waals surface area (Å²) in [5, 5.41) is 8.70. The molecule has 0 aliphatic carbocycles. The summed E-state index contributed by atoms with van der Waals surface area (Å²) in [5.41, 5.74) is 6.98. The Balaban J connectivity index is 2.96. The molecule has 0 heterocycles. The number of hydrogen-bond acceptors (Lipinski definition) is 4. The van der Waals surface area contributed by atoms with Gasteiger partial charge in [-0.05, 0) is 12.6 Å². The van der Waals surface area contributed by atoms with Crippen LogP contribution in [0.5, 0.6) is 5.75 Å². The Morgan fingerprint density at radius 1 is 1.44 bits per heavy atom. The minimum atomic E-state index is 0.0968. The lowest BCUT2D eigenvalue weighted by molar-refractivity contribution is 0.213. The summed E-state index contributed by atoms with van der Waals surface area (Å²) in [4.78, 5) is 2.21. The van der Waals surface area contributed by atoms with E-state index in [1.54, 1.807) is 7.11 Å². The summed E-state index contributed by atoms with van der Waals surface area (Å²) in [6.45, 7) is 4.18. The second-order valence-corrected chi connectivity index (χ2v) is 4.03. The zero-order valence-electron chi connectivity index (χ0n) is 11.1. The van der Waals surface area contributed by atoms with Crippen molar-refractivity contribution in [2.45, 2.75) is 19.4 Å². The molecular weight excluding hydrogens is 226 g/mol. The Kier molecular flexibility index (Phi) is 6.20. The molecule has 2 N–H and O–H groups in total. The predicted octanol–water partition coefficient (Wildman–Crippen LogP) is 1.93. The fourth-order valence-corrected chi connectivity index (χ4v) is 2.14. The van der Waals surface area contributed by atoms with Gasteiger partial charge >= 0.3 is 0 Å². The third-order valence-electron chi connectivity index (χ3n) is 3.08. The van der Waals surface area contributed by atoms with Crippen molar-refractivity contribution in [1.82, 2.24) is 4.90 Å². The fourth-order valence-electron chi connectivity index (χ4n) is 2.14. The molecule has 0 saturated carbocycles. The topological polar surface area (TPSA) is 62.3 Å². The molecule has 0 bridgehead atoms. The first kappa shape index (κ1) is 14.5. The standard InChI is InChI=1S/C14H21N3O/c1-3-17(10-6-9-15)13(11-16)12-7-4-5-8-14(12)18-2/h4-5,7-8,13H,3,6,10-11,16H2,1-2H3. The maximum Gasteiger partial charge on any atom is 0.123 e. The number of para-hydroxylation sites is 1. The molecule has 0 aliphatic rings. The monoisotopic (exact) mass is 247 g/mol. The van der Waals surface area contributed by atoms with Crippen molar-refractivity contribution in [3.63, 3.8) is 0 Å². The van der Waals surface area contributed by atoms with E-state index in [4.69, 9.17) is 15.7 Å². The molecule has 4 nitrogen and oxygen atoms in total. The Hall–Kier alpha value is -1.57. The highest BCUT2D eigenvalue weighted by Crippen LogP contribution is 2.28. The number of nitrogens with two attached hydrogens (primary N) is 1. The van der Waals surface area contributed by atoms with Gasteiger partial charge in [-0.1, -0.05) is 25.1 Å². The molecule has 0 aliphatic heterocycles. The average molecular weight is 247 g/mol.